The van der Waals surface area contributed by atoms with Crippen LogP contribution in [0, 0.1) is 18.6 Å². The molecule has 0 fully saturated rings. The highest BCUT2D eigenvalue weighted by Gasteiger charge is 2.13. The maximum absolute atomic E-state index is 5.36. The van der Waals surface area contributed by atoms with Gasteiger partial charge in [0.1, 0.15) is 0 Å². The zero-order valence-corrected chi connectivity index (χ0v) is 16.1. The van der Waals surface area contributed by atoms with Crippen LogP contribution in [0.1, 0.15) is 17.0 Å². The van der Waals surface area contributed by atoms with Crippen molar-refractivity contribution >= 4 is 18.4 Å². The van der Waals surface area contributed by atoms with Crippen molar-refractivity contribution in [3.05, 3.63) is 39.9 Å². The summed E-state index contributed by atoms with van der Waals surface area (Å²) in [6.07, 6.45) is 1.74. The number of nitrogens with zero attached hydrogens (tertiary/aromatic N) is 5. The summed E-state index contributed by atoms with van der Waals surface area (Å²) in [5, 5.41) is 16.0. The van der Waals surface area contributed by atoms with Crippen LogP contribution in [0.15, 0.2) is 23.3 Å². The third kappa shape index (κ3) is 3.13. The van der Waals surface area contributed by atoms with Crippen LogP contribution in [0.5, 0.6) is 11.5 Å². The summed E-state index contributed by atoms with van der Waals surface area (Å²) in [6.45, 7) is 3.93. The average molecular weight is 372 g/mol. The van der Waals surface area contributed by atoms with Gasteiger partial charge >= 0.3 is 0 Å². The molecule has 8 nitrogen and oxygen atoms in total. The van der Waals surface area contributed by atoms with E-state index in [0.29, 0.717) is 22.1 Å². The standard InChI is InChI=1S/C17H20N6O2S/c1-10-13(11(2)22(3)21-10)9-18-23-16(19-20-17(23)26)12-6-7-14(24-4)15(8-12)25-5/h6-9H,1-5H3,(H,20,26)/b18-9-. The molecule has 0 saturated heterocycles. The van der Waals surface area contributed by atoms with Crippen molar-refractivity contribution in [1.82, 2.24) is 24.7 Å². The van der Waals surface area contributed by atoms with Gasteiger partial charge in [-0.15, -0.1) is 0 Å². The molecular weight excluding hydrogens is 352 g/mol. The molecule has 26 heavy (non-hydrogen) atoms. The minimum Gasteiger partial charge on any atom is -0.493 e. The summed E-state index contributed by atoms with van der Waals surface area (Å²) < 4.78 is 14.4. The topological polar surface area (TPSA) is 82.3 Å². The molecule has 9 heteroatoms. The molecule has 136 valence electrons. The Morgan fingerprint density at radius 2 is 1.92 bits per heavy atom. The second-order valence-corrected chi connectivity index (χ2v) is 6.07. The maximum atomic E-state index is 5.36. The first-order valence-electron chi connectivity index (χ1n) is 7.90. The van der Waals surface area contributed by atoms with E-state index in [1.54, 1.807) is 25.1 Å². The zero-order valence-electron chi connectivity index (χ0n) is 15.3. The second kappa shape index (κ2) is 7.12. The van der Waals surface area contributed by atoms with Gasteiger partial charge in [0.15, 0.2) is 17.3 Å². The van der Waals surface area contributed by atoms with Crippen LogP contribution in [0.4, 0.5) is 0 Å². The average Bonchev–Trinajstić information content (AvgIpc) is 3.12. The lowest BCUT2D eigenvalue weighted by atomic mass is 10.2. The van der Waals surface area contributed by atoms with Gasteiger partial charge in [-0.05, 0) is 44.3 Å². The van der Waals surface area contributed by atoms with E-state index >= 15 is 0 Å². The van der Waals surface area contributed by atoms with E-state index in [-0.39, 0.29) is 0 Å². The molecule has 0 atom stereocenters. The van der Waals surface area contributed by atoms with E-state index in [2.05, 4.69) is 20.4 Å². The SMILES string of the molecule is COc1ccc(-c2n[nH]c(=S)n2/N=C\c2c(C)nn(C)c2C)cc1OC. The Labute approximate surface area is 156 Å². The van der Waals surface area contributed by atoms with Crippen molar-refractivity contribution in [2.75, 3.05) is 14.2 Å². The Balaban J connectivity index is 2.05. The largest absolute Gasteiger partial charge is 0.493 e. The number of rotatable bonds is 5. The minimum absolute atomic E-state index is 0.394. The van der Waals surface area contributed by atoms with E-state index in [9.17, 15) is 0 Å². The Hall–Kier alpha value is -2.94. The number of hydrogen-bond donors (Lipinski definition) is 1. The number of aromatic nitrogens is 5. The predicted molar refractivity (Wildman–Crippen MR) is 102 cm³/mol. The number of aryl methyl sites for hydroxylation is 2. The molecule has 1 aromatic carbocycles. The molecule has 0 aliphatic rings. The molecule has 3 rings (SSSR count). The fraction of sp³-hybridized carbons (Fsp3) is 0.294. The number of H-pyrrole nitrogens is 1. The third-order valence-electron chi connectivity index (χ3n) is 4.16. The summed E-state index contributed by atoms with van der Waals surface area (Å²) in [4.78, 5) is 0. The van der Waals surface area contributed by atoms with Gasteiger partial charge in [-0.3, -0.25) is 4.68 Å². The zero-order chi connectivity index (χ0) is 18.8. The summed E-state index contributed by atoms with van der Waals surface area (Å²) in [6, 6.07) is 5.52. The van der Waals surface area contributed by atoms with Crippen molar-refractivity contribution in [3.63, 3.8) is 0 Å². The number of methoxy groups -OCH3 is 2. The molecule has 0 aliphatic heterocycles. The molecule has 0 spiro atoms. The first kappa shape index (κ1) is 17.9. The lowest BCUT2D eigenvalue weighted by Gasteiger charge is -2.09. The van der Waals surface area contributed by atoms with Gasteiger partial charge < -0.3 is 9.47 Å². The third-order valence-corrected chi connectivity index (χ3v) is 4.42. The first-order chi connectivity index (χ1) is 12.5. The maximum Gasteiger partial charge on any atom is 0.216 e. The van der Waals surface area contributed by atoms with Crippen LogP contribution in [-0.2, 0) is 7.05 Å². The van der Waals surface area contributed by atoms with Gasteiger partial charge in [-0.25, -0.2) is 5.10 Å². The normalized spacial score (nSPS) is 11.3. The van der Waals surface area contributed by atoms with Crippen molar-refractivity contribution in [2.45, 2.75) is 13.8 Å². The van der Waals surface area contributed by atoms with Gasteiger partial charge in [0.25, 0.3) is 0 Å². The van der Waals surface area contributed by atoms with Crippen LogP contribution < -0.4 is 9.47 Å². The molecule has 0 unspecified atom stereocenters. The van der Waals surface area contributed by atoms with Crippen LogP contribution in [0.3, 0.4) is 0 Å². The summed E-state index contributed by atoms with van der Waals surface area (Å²) in [5.74, 6) is 1.82. The Morgan fingerprint density at radius 1 is 1.19 bits per heavy atom. The van der Waals surface area contributed by atoms with Gasteiger partial charge in [0.05, 0.1) is 26.1 Å². The highest BCUT2D eigenvalue weighted by Crippen LogP contribution is 2.31. The van der Waals surface area contributed by atoms with Crippen LogP contribution in [0.2, 0.25) is 0 Å². The number of ether oxygens (including phenoxy) is 2. The number of benzene rings is 1. The monoisotopic (exact) mass is 372 g/mol. The molecule has 2 aromatic heterocycles. The van der Waals surface area contributed by atoms with E-state index in [1.807, 2.05) is 43.8 Å². The Bertz CT molecular complexity index is 1030. The Morgan fingerprint density at radius 3 is 2.54 bits per heavy atom. The van der Waals surface area contributed by atoms with Gasteiger partial charge in [-0.2, -0.15) is 20.0 Å². The summed E-state index contributed by atoms with van der Waals surface area (Å²) in [5.41, 5.74) is 3.67. The lowest BCUT2D eigenvalue weighted by Crippen LogP contribution is -1.98. The van der Waals surface area contributed by atoms with E-state index in [4.69, 9.17) is 21.7 Å². The van der Waals surface area contributed by atoms with Crippen LogP contribution >= 0.6 is 12.2 Å². The molecule has 1 N–H and O–H groups in total. The van der Waals surface area contributed by atoms with Crippen molar-refractivity contribution < 1.29 is 9.47 Å². The first-order valence-corrected chi connectivity index (χ1v) is 8.31. The highest BCUT2D eigenvalue weighted by molar-refractivity contribution is 7.71. The summed E-state index contributed by atoms with van der Waals surface area (Å²) in [7, 11) is 5.08. The van der Waals surface area contributed by atoms with Gasteiger partial charge in [0.2, 0.25) is 4.77 Å². The van der Waals surface area contributed by atoms with E-state index in [1.165, 1.54) is 0 Å². The van der Waals surface area contributed by atoms with Crippen LogP contribution in [-0.4, -0.2) is 45.1 Å². The quantitative estimate of drug-likeness (QED) is 0.550. The lowest BCUT2D eigenvalue weighted by molar-refractivity contribution is 0.355. The molecule has 0 aliphatic carbocycles. The fourth-order valence-corrected chi connectivity index (χ4v) is 2.83. The molecule has 0 saturated carbocycles. The number of hydrogen-bond acceptors (Lipinski definition) is 6. The minimum atomic E-state index is 0.394. The van der Waals surface area contributed by atoms with Gasteiger partial charge in [-0.1, -0.05) is 0 Å². The molecule has 2 heterocycles. The fourth-order valence-electron chi connectivity index (χ4n) is 2.65. The van der Waals surface area contributed by atoms with Crippen LogP contribution in [0.25, 0.3) is 11.4 Å². The Kier molecular flexibility index (Phi) is 4.90. The molecule has 0 radical (unpaired) electrons. The molecule has 0 bridgehead atoms. The molecular formula is C17H20N6O2S. The van der Waals surface area contributed by atoms with Crippen molar-refractivity contribution in [2.24, 2.45) is 12.1 Å². The van der Waals surface area contributed by atoms with Gasteiger partial charge in [0, 0.05) is 23.9 Å². The smallest absolute Gasteiger partial charge is 0.216 e. The second-order valence-electron chi connectivity index (χ2n) is 5.69. The van der Waals surface area contributed by atoms with Crippen molar-refractivity contribution in [3.8, 4) is 22.9 Å². The number of nitrogens with one attached hydrogen (secondary N) is 1. The molecule has 0 amide bonds. The molecule has 3 aromatic rings. The predicted octanol–water partition coefficient (Wildman–Crippen LogP) is 2.86. The summed E-state index contributed by atoms with van der Waals surface area (Å²) >= 11 is 5.32. The highest BCUT2D eigenvalue weighted by atomic mass is 32.1. The number of aromatic amines is 1. The van der Waals surface area contributed by atoms with Crippen molar-refractivity contribution in [1.29, 1.82) is 0 Å². The van der Waals surface area contributed by atoms with E-state index in [0.717, 1.165) is 22.5 Å². The van der Waals surface area contributed by atoms with E-state index < -0.39 is 0 Å².